The number of nitrogens with zero attached hydrogens (tertiary/aromatic N) is 2. The largest absolute Gasteiger partial charge is 0.370 e. The van der Waals surface area contributed by atoms with Crippen molar-refractivity contribution in [2.75, 3.05) is 11.9 Å². The number of carbonyl (C=O) groups excluding carboxylic acids is 3. The van der Waals surface area contributed by atoms with Crippen molar-refractivity contribution in [3.63, 3.8) is 0 Å². The van der Waals surface area contributed by atoms with E-state index in [1.165, 1.54) is 6.20 Å². The molecule has 0 saturated carbocycles. The zero-order valence-corrected chi connectivity index (χ0v) is 16.9. The Morgan fingerprint density at radius 3 is 2.57 bits per heavy atom. The van der Waals surface area contributed by atoms with E-state index in [0.717, 1.165) is 5.69 Å². The summed E-state index contributed by atoms with van der Waals surface area (Å²) >= 11 is 6.04. The van der Waals surface area contributed by atoms with Crippen LogP contribution in [0.25, 0.3) is 5.69 Å². The second-order valence-corrected chi connectivity index (χ2v) is 6.94. The van der Waals surface area contributed by atoms with Gasteiger partial charge in [0.25, 0.3) is 11.8 Å². The lowest BCUT2D eigenvalue weighted by Crippen LogP contribution is -2.28. The van der Waals surface area contributed by atoms with Gasteiger partial charge in [0.05, 0.1) is 34.4 Å². The first-order valence-corrected chi connectivity index (χ1v) is 9.52. The van der Waals surface area contributed by atoms with Gasteiger partial charge in [0.1, 0.15) is 0 Å². The summed E-state index contributed by atoms with van der Waals surface area (Å²) in [5.74, 6) is -1.33. The number of rotatable bonds is 7. The number of hydrogen-bond acceptors (Lipinski definition) is 4. The van der Waals surface area contributed by atoms with Crippen LogP contribution in [-0.4, -0.2) is 34.0 Å². The van der Waals surface area contributed by atoms with Crippen LogP contribution >= 0.6 is 11.6 Å². The lowest BCUT2D eigenvalue weighted by Gasteiger charge is -2.11. The molecule has 3 aromatic rings. The molecular formula is C21H20ClN5O3. The third-order valence-electron chi connectivity index (χ3n) is 4.38. The molecule has 0 spiro atoms. The summed E-state index contributed by atoms with van der Waals surface area (Å²) in [6.45, 7) is 1.88. The molecule has 3 amide bonds. The van der Waals surface area contributed by atoms with Gasteiger partial charge in [-0.05, 0) is 37.3 Å². The van der Waals surface area contributed by atoms with Gasteiger partial charge in [-0.3, -0.25) is 14.4 Å². The summed E-state index contributed by atoms with van der Waals surface area (Å²) in [5.41, 5.74) is 7.41. The highest BCUT2D eigenvalue weighted by molar-refractivity contribution is 6.30. The van der Waals surface area contributed by atoms with E-state index in [9.17, 15) is 14.4 Å². The van der Waals surface area contributed by atoms with Gasteiger partial charge in [0, 0.05) is 18.0 Å². The average Bonchev–Trinajstić information content (AvgIpc) is 3.09. The molecule has 9 heteroatoms. The standard InChI is InChI=1S/C21H20ClN5O3/c1-13-17(12-25-27(13)15-6-4-5-14(22)11-15)21(30)26-18-8-3-2-7-16(18)20(29)24-10-9-19(23)28/h2-8,11-12H,9-10H2,1H3,(H2,23,28)(H,24,29)(H,26,30). The lowest BCUT2D eigenvalue weighted by molar-refractivity contribution is -0.117. The highest BCUT2D eigenvalue weighted by Gasteiger charge is 2.18. The molecule has 0 aliphatic rings. The summed E-state index contributed by atoms with van der Waals surface area (Å²) in [5, 5.41) is 10.2. The highest BCUT2D eigenvalue weighted by atomic mass is 35.5. The monoisotopic (exact) mass is 425 g/mol. The van der Waals surface area contributed by atoms with Crippen molar-refractivity contribution >= 4 is 35.0 Å². The summed E-state index contributed by atoms with van der Waals surface area (Å²) in [7, 11) is 0. The number of halogens is 1. The molecule has 8 nitrogen and oxygen atoms in total. The Morgan fingerprint density at radius 1 is 1.07 bits per heavy atom. The molecule has 0 aliphatic heterocycles. The third kappa shape index (κ3) is 4.84. The Kier molecular flexibility index (Phi) is 6.48. The lowest BCUT2D eigenvalue weighted by atomic mass is 10.1. The van der Waals surface area contributed by atoms with Crippen molar-refractivity contribution in [1.29, 1.82) is 0 Å². The van der Waals surface area contributed by atoms with E-state index in [1.807, 2.05) is 6.07 Å². The number of amides is 3. The minimum absolute atomic E-state index is 0.0299. The van der Waals surface area contributed by atoms with Crippen LogP contribution in [0.4, 0.5) is 5.69 Å². The van der Waals surface area contributed by atoms with Crippen molar-refractivity contribution in [2.45, 2.75) is 13.3 Å². The number of benzene rings is 2. The molecule has 3 rings (SSSR count). The predicted molar refractivity (Wildman–Crippen MR) is 114 cm³/mol. The van der Waals surface area contributed by atoms with Gasteiger partial charge in [-0.2, -0.15) is 5.10 Å². The maximum Gasteiger partial charge on any atom is 0.259 e. The smallest absolute Gasteiger partial charge is 0.259 e. The summed E-state index contributed by atoms with van der Waals surface area (Å²) in [6, 6.07) is 13.7. The Morgan fingerprint density at radius 2 is 1.83 bits per heavy atom. The molecule has 30 heavy (non-hydrogen) atoms. The van der Waals surface area contributed by atoms with E-state index >= 15 is 0 Å². The molecule has 4 N–H and O–H groups in total. The predicted octanol–water partition coefficient (Wildman–Crippen LogP) is 2.69. The summed E-state index contributed by atoms with van der Waals surface area (Å²) in [6.07, 6.45) is 1.49. The zero-order chi connectivity index (χ0) is 21.7. The topological polar surface area (TPSA) is 119 Å². The Balaban J connectivity index is 1.79. The van der Waals surface area contributed by atoms with E-state index in [0.29, 0.717) is 22.0 Å². The Labute approximate surface area is 178 Å². The first-order chi connectivity index (χ1) is 14.4. The quantitative estimate of drug-likeness (QED) is 0.539. The molecule has 0 fully saturated rings. The Hall–Kier alpha value is -3.65. The number of primary amides is 1. The highest BCUT2D eigenvalue weighted by Crippen LogP contribution is 2.20. The van der Waals surface area contributed by atoms with Crippen LogP contribution in [-0.2, 0) is 4.79 Å². The van der Waals surface area contributed by atoms with Crippen LogP contribution in [0.3, 0.4) is 0 Å². The molecule has 0 aliphatic carbocycles. The van der Waals surface area contributed by atoms with Gasteiger partial charge < -0.3 is 16.4 Å². The van der Waals surface area contributed by atoms with E-state index < -0.39 is 17.7 Å². The number of anilines is 1. The number of aromatic nitrogens is 2. The number of carbonyl (C=O) groups is 3. The van der Waals surface area contributed by atoms with Gasteiger partial charge in [-0.1, -0.05) is 29.8 Å². The number of para-hydroxylation sites is 1. The second kappa shape index (κ2) is 9.23. The maximum atomic E-state index is 12.8. The average molecular weight is 426 g/mol. The fourth-order valence-corrected chi connectivity index (χ4v) is 3.06. The second-order valence-electron chi connectivity index (χ2n) is 6.51. The third-order valence-corrected chi connectivity index (χ3v) is 4.62. The normalized spacial score (nSPS) is 10.5. The first kappa shape index (κ1) is 21.1. The van der Waals surface area contributed by atoms with Crippen LogP contribution < -0.4 is 16.4 Å². The minimum atomic E-state index is -0.510. The molecule has 0 radical (unpaired) electrons. The van der Waals surface area contributed by atoms with Crippen molar-refractivity contribution < 1.29 is 14.4 Å². The van der Waals surface area contributed by atoms with Gasteiger partial charge in [-0.15, -0.1) is 0 Å². The van der Waals surface area contributed by atoms with Gasteiger partial charge >= 0.3 is 0 Å². The number of nitrogens with two attached hydrogens (primary N) is 1. The van der Waals surface area contributed by atoms with E-state index in [1.54, 1.807) is 54.1 Å². The van der Waals surface area contributed by atoms with Gasteiger partial charge in [0.2, 0.25) is 5.91 Å². The van der Waals surface area contributed by atoms with Crippen LogP contribution in [0.1, 0.15) is 32.8 Å². The van der Waals surface area contributed by atoms with Crippen LogP contribution in [0.2, 0.25) is 5.02 Å². The SMILES string of the molecule is Cc1c(C(=O)Nc2ccccc2C(=O)NCCC(N)=O)cnn1-c1cccc(Cl)c1. The van der Waals surface area contributed by atoms with Crippen molar-refractivity contribution in [3.05, 3.63) is 76.6 Å². The number of hydrogen-bond donors (Lipinski definition) is 3. The summed E-state index contributed by atoms with van der Waals surface area (Å²) in [4.78, 5) is 36.1. The molecule has 1 heterocycles. The maximum absolute atomic E-state index is 12.8. The Bertz CT molecular complexity index is 1110. The molecule has 2 aromatic carbocycles. The summed E-state index contributed by atoms with van der Waals surface area (Å²) < 4.78 is 1.61. The fourth-order valence-electron chi connectivity index (χ4n) is 2.87. The van der Waals surface area contributed by atoms with E-state index in [2.05, 4.69) is 15.7 Å². The van der Waals surface area contributed by atoms with Crippen molar-refractivity contribution in [1.82, 2.24) is 15.1 Å². The number of nitrogens with one attached hydrogen (secondary N) is 2. The molecule has 0 unspecified atom stereocenters. The minimum Gasteiger partial charge on any atom is -0.370 e. The zero-order valence-electron chi connectivity index (χ0n) is 16.2. The first-order valence-electron chi connectivity index (χ1n) is 9.14. The van der Waals surface area contributed by atoms with Gasteiger partial charge in [0.15, 0.2) is 0 Å². The van der Waals surface area contributed by atoms with Crippen molar-refractivity contribution in [2.24, 2.45) is 5.73 Å². The molecule has 0 atom stereocenters. The molecule has 1 aromatic heterocycles. The molecule has 154 valence electrons. The molecule has 0 saturated heterocycles. The van der Waals surface area contributed by atoms with E-state index in [4.69, 9.17) is 17.3 Å². The van der Waals surface area contributed by atoms with Crippen LogP contribution in [0, 0.1) is 6.92 Å². The van der Waals surface area contributed by atoms with E-state index in [-0.39, 0.29) is 18.5 Å². The van der Waals surface area contributed by atoms with Gasteiger partial charge in [-0.25, -0.2) is 4.68 Å². The molecular weight excluding hydrogens is 406 g/mol. The van der Waals surface area contributed by atoms with Crippen LogP contribution in [0.5, 0.6) is 0 Å². The molecule has 0 bridgehead atoms. The van der Waals surface area contributed by atoms with Crippen LogP contribution in [0.15, 0.2) is 54.7 Å². The fraction of sp³-hybridized carbons (Fsp3) is 0.143. The van der Waals surface area contributed by atoms with Crippen molar-refractivity contribution in [3.8, 4) is 5.69 Å².